The van der Waals surface area contributed by atoms with Gasteiger partial charge in [-0.15, -0.1) is 11.3 Å². The maximum absolute atomic E-state index is 13.1. The van der Waals surface area contributed by atoms with Crippen molar-refractivity contribution in [2.24, 2.45) is 5.41 Å². The first-order valence-corrected chi connectivity index (χ1v) is 12.2. The smallest absolute Gasteiger partial charge is 0.266 e. The van der Waals surface area contributed by atoms with Crippen molar-refractivity contribution < 1.29 is 18.0 Å². The highest BCUT2D eigenvalue weighted by atomic mass is 32.2. The van der Waals surface area contributed by atoms with Crippen LogP contribution in [-0.4, -0.2) is 26.4 Å². The van der Waals surface area contributed by atoms with Gasteiger partial charge in [-0.3, -0.25) is 9.59 Å². The van der Waals surface area contributed by atoms with Crippen LogP contribution in [0.3, 0.4) is 0 Å². The first-order chi connectivity index (χ1) is 13.2. The number of hydrogen-bond donors (Lipinski definition) is 1. The number of amides is 1. The molecule has 0 unspecified atom stereocenters. The van der Waals surface area contributed by atoms with E-state index in [-0.39, 0.29) is 38.7 Å². The summed E-state index contributed by atoms with van der Waals surface area (Å²) in [6, 6.07) is 7.62. The molecule has 3 rings (SSSR count). The van der Waals surface area contributed by atoms with Crippen LogP contribution in [0.5, 0.6) is 0 Å². The van der Waals surface area contributed by atoms with E-state index in [0.717, 1.165) is 23.2 Å². The van der Waals surface area contributed by atoms with Gasteiger partial charge in [0, 0.05) is 18.4 Å². The number of benzene rings is 1. The molecule has 156 valence electrons. The monoisotopic (exact) mass is 433 g/mol. The summed E-state index contributed by atoms with van der Waals surface area (Å²) >= 11 is 0.903. The standard InChI is InChI=1S/C22H27NO4S2/c1-21(2,3)13-8-7-9-14(10-13)23-19(25)18-15-11-22(4,5)12-16(24)17(15)20(28-18)29(6,26)27/h7-10H,11-12H2,1-6H3,(H,23,25). The Morgan fingerprint density at radius 1 is 1.17 bits per heavy atom. The van der Waals surface area contributed by atoms with E-state index in [2.05, 4.69) is 26.1 Å². The number of carbonyl (C=O) groups excluding carboxylic acids is 2. The van der Waals surface area contributed by atoms with Gasteiger partial charge in [-0.1, -0.05) is 46.8 Å². The minimum absolute atomic E-state index is 0.00147. The van der Waals surface area contributed by atoms with E-state index >= 15 is 0 Å². The lowest BCUT2D eigenvalue weighted by Gasteiger charge is -2.29. The van der Waals surface area contributed by atoms with Crippen LogP contribution in [0.15, 0.2) is 28.5 Å². The largest absolute Gasteiger partial charge is 0.321 e. The quantitative estimate of drug-likeness (QED) is 0.750. The summed E-state index contributed by atoms with van der Waals surface area (Å²) in [5.74, 6) is -0.584. The van der Waals surface area contributed by atoms with E-state index in [9.17, 15) is 18.0 Å². The van der Waals surface area contributed by atoms with Crippen molar-refractivity contribution in [3.8, 4) is 0 Å². The Labute approximate surface area is 176 Å². The minimum atomic E-state index is -3.61. The van der Waals surface area contributed by atoms with Crippen molar-refractivity contribution in [2.45, 2.75) is 57.1 Å². The van der Waals surface area contributed by atoms with Gasteiger partial charge in [-0.25, -0.2) is 8.42 Å². The summed E-state index contributed by atoms with van der Waals surface area (Å²) in [5.41, 5.74) is 2.11. The van der Waals surface area contributed by atoms with E-state index in [0.29, 0.717) is 22.5 Å². The first-order valence-electron chi connectivity index (χ1n) is 9.50. The van der Waals surface area contributed by atoms with Gasteiger partial charge in [0.2, 0.25) is 0 Å². The Hall–Kier alpha value is -1.99. The topological polar surface area (TPSA) is 80.3 Å². The number of sulfone groups is 1. The number of Topliss-reactive ketones (excluding diaryl/α,β-unsaturated/α-hetero) is 1. The van der Waals surface area contributed by atoms with Gasteiger partial charge in [-0.2, -0.15) is 0 Å². The van der Waals surface area contributed by atoms with Gasteiger partial charge in [0.1, 0.15) is 4.21 Å². The molecule has 2 aromatic rings. The van der Waals surface area contributed by atoms with Crippen LogP contribution in [0, 0.1) is 5.41 Å². The van der Waals surface area contributed by atoms with Crippen LogP contribution < -0.4 is 5.32 Å². The van der Waals surface area contributed by atoms with E-state index in [1.54, 1.807) is 6.07 Å². The normalized spacial score (nSPS) is 16.4. The molecular weight excluding hydrogens is 406 g/mol. The van der Waals surface area contributed by atoms with Gasteiger partial charge in [0.15, 0.2) is 15.6 Å². The molecule has 1 N–H and O–H groups in total. The number of fused-ring (bicyclic) bond motifs is 1. The lowest BCUT2D eigenvalue weighted by atomic mass is 9.74. The predicted octanol–water partition coefficient (Wildman–Crippen LogP) is 4.86. The van der Waals surface area contributed by atoms with Gasteiger partial charge in [0.05, 0.1) is 10.4 Å². The number of nitrogens with one attached hydrogen (secondary N) is 1. The number of hydrogen-bond acceptors (Lipinski definition) is 5. The molecule has 0 aliphatic heterocycles. The van der Waals surface area contributed by atoms with E-state index < -0.39 is 9.84 Å². The molecule has 1 aliphatic rings. The molecule has 1 heterocycles. The molecule has 29 heavy (non-hydrogen) atoms. The third kappa shape index (κ3) is 4.46. The zero-order valence-electron chi connectivity index (χ0n) is 17.7. The highest BCUT2D eigenvalue weighted by Gasteiger charge is 2.39. The lowest BCUT2D eigenvalue weighted by molar-refractivity contribution is 0.0909. The van der Waals surface area contributed by atoms with Crippen molar-refractivity contribution in [1.82, 2.24) is 0 Å². The second-order valence-corrected chi connectivity index (χ2v) is 12.8. The fourth-order valence-corrected chi connectivity index (χ4v) is 6.08. The second kappa shape index (κ2) is 7.06. The summed E-state index contributed by atoms with van der Waals surface area (Å²) < 4.78 is 24.6. The Bertz CT molecular complexity index is 1100. The molecule has 1 aliphatic carbocycles. The van der Waals surface area contributed by atoms with Crippen molar-refractivity contribution >= 4 is 38.6 Å². The van der Waals surface area contributed by atoms with Gasteiger partial charge in [0.25, 0.3) is 5.91 Å². The van der Waals surface area contributed by atoms with Crippen molar-refractivity contribution in [1.29, 1.82) is 0 Å². The summed E-state index contributed by atoms with van der Waals surface area (Å²) in [5, 5.41) is 2.89. The van der Waals surface area contributed by atoms with Crippen molar-refractivity contribution in [3.63, 3.8) is 0 Å². The molecule has 0 saturated heterocycles. The number of rotatable bonds is 3. The molecule has 0 fully saturated rings. The van der Waals surface area contributed by atoms with Crippen molar-refractivity contribution in [2.75, 3.05) is 11.6 Å². The Balaban J connectivity index is 2.06. The average Bonchev–Trinajstić information content (AvgIpc) is 2.93. The maximum atomic E-state index is 13.1. The molecule has 7 heteroatoms. The van der Waals surface area contributed by atoms with Crippen molar-refractivity contribution in [3.05, 3.63) is 45.8 Å². The molecule has 0 bridgehead atoms. The Morgan fingerprint density at radius 2 is 1.83 bits per heavy atom. The molecule has 5 nitrogen and oxygen atoms in total. The molecule has 1 aromatic carbocycles. The van der Waals surface area contributed by atoms with Gasteiger partial charge in [-0.05, 0) is 40.5 Å². The Kier molecular flexibility index (Phi) is 5.28. The van der Waals surface area contributed by atoms with Gasteiger partial charge >= 0.3 is 0 Å². The second-order valence-electron chi connectivity index (χ2n) is 9.57. The zero-order valence-corrected chi connectivity index (χ0v) is 19.3. The van der Waals surface area contributed by atoms with Gasteiger partial charge < -0.3 is 5.32 Å². The highest BCUT2D eigenvalue weighted by molar-refractivity contribution is 7.92. The minimum Gasteiger partial charge on any atom is -0.321 e. The predicted molar refractivity (Wildman–Crippen MR) is 117 cm³/mol. The van der Waals surface area contributed by atoms with Crippen LogP contribution in [0.25, 0.3) is 0 Å². The molecule has 0 atom stereocenters. The van der Waals surface area contributed by atoms with Crippen LogP contribution in [-0.2, 0) is 21.7 Å². The number of thiophene rings is 1. The molecule has 0 radical (unpaired) electrons. The highest BCUT2D eigenvalue weighted by Crippen LogP contribution is 2.43. The third-order valence-electron chi connectivity index (χ3n) is 5.08. The summed E-state index contributed by atoms with van der Waals surface area (Å²) in [4.78, 5) is 26.1. The third-order valence-corrected chi connectivity index (χ3v) is 8.14. The Morgan fingerprint density at radius 3 is 2.41 bits per heavy atom. The maximum Gasteiger partial charge on any atom is 0.266 e. The molecule has 1 amide bonds. The first kappa shape index (κ1) is 21.7. The van der Waals surface area contributed by atoms with Crippen LogP contribution >= 0.6 is 11.3 Å². The summed E-state index contributed by atoms with van der Waals surface area (Å²) in [6.07, 6.45) is 1.85. The van der Waals surface area contributed by atoms with Crippen LogP contribution in [0.4, 0.5) is 5.69 Å². The van der Waals surface area contributed by atoms with Crippen LogP contribution in [0.2, 0.25) is 0 Å². The lowest BCUT2D eigenvalue weighted by Crippen LogP contribution is -2.28. The molecular formula is C22H27NO4S2. The number of ketones is 1. The number of anilines is 1. The van der Waals surface area contributed by atoms with Crippen LogP contribution in [0.1, 0.15) is 72.2 Å². The molecule has 1 aromatic heterocycles. The van der Waals surface area contributed by atoms with E-state index in [1.807, 2.05) is 32.0 Å². The summed E-state index contributed by atoms with van der Waals surface area (Å²) in [6.45, 7) is 10.2. The average molecular weight is 434 g/mol. The number of carbonyl (C=O) groups is 2. The fraction of sp³-hybridized carbons (Fsp3) is 0.455. The fourth-order valence-electron chi connectivity index (χ4n) is 3.65. The zero-order chi connectivity index (χ0) is 21.8. The molecule has 0 saturated carbocycles. The summed E-state index contributed by atoms with van der Waals surface area (Å²) in [7, 11) is -3.61. The van der Waals surface area contributed by atoms with E-state index in [4.69, 9.17) is 0 Å². The molecule has 0 spiro atoms. The van der Waals surface area contributed by atoms with E-state index in [1.165, 1.54) is 0 Å². The SMILES string of the molecule is CC1(C)CC(=O)c2c(S(C)(=O)=O)sc(C(=O)Nc3cccc(C(C)(C)C)c3)c2C1.